The predicted octanol–water partition coefficient (Wildman–Crippen LogP) is 5.51. The smallest absolute Gasteiger partial charge is 0.230 e. The molecule has 0 fully saturated rings. The van der Waals surface area contributed by atoms with E-state index in [0.29, 0.717) is 11.4 Å². The number of rotatable bonds is 4. The third-order valence-electron chi connectivity index (χ3n) is 4.64. The topological polar surface area (TPSA) is 46.4 Å². The van der Waals surface area contributed by atoms with Crippen molar-refractivity contribution in [3.05, 3.63) is 75.9 Å². The summed E-state index contributed by atoms with van der Waals surface area (Å²) in [7, 11) is 0. The third-order valence-corrected chi connectivity index (χ3v) is 5.78. The van der Waals surface area contributed by atoms with Crippen LogP contribution in [0.3, 0.4) is 0 Å². The molecular weight excluding hydrogens is 378 g/mol. The van der Waals surface area contributed by atoms with Gasteiger partial charge in [-0.15, -0.1) is 11.3 Å². The number of fused-ring (bicyclic) bond motifs is 1. The highest BCUT2D eigenvalue weighted by atomic mass is 35.5. The molecule has 0 saturated heterocycles. The van der Waals surface area contributed by atoms with Gasteiger partial charge in [-0.25, -0.2) is 4.98 Å². The van der Waals surface area contributed by atoms with Crippen molar-refractivity contribution in [3.63, 3.8) is 0 Å². The number of hydrogen-bond acceptors (Lipinski definition) is 3. The maximum Gasteiger partial charge on any atom is 0.230 e. The average Bonchev–Trinajstić information content (AvgIpc) is 3.22. The molecule has 1 N–H and O–H groups in total. The van der Waals surface area contributed by atoms with E-state index in [4.69, 9.17) is 11.6 Å². The molecular formula is C21H18ClN3OS. The normalized spacial score (nSPS) is 11.1. The van der Waals surface area contributed by atoms with Gasteiger partial charge in [0.1, 0.15) is 0 Å². The number of thiazole rings is 1. The zero-order chi connectivity index (χ0) is 19.0. The summed E-state index contributed by atoms with van der Waals surface area (Å²) in [5, 5.41) is 5.70. The van der Waals surface area contributed by atoms with Gasteiger partial charge in [-0.1, -0.05) is 35.9 Å². The fourth-order valence-corrected chi connectivity index (χ4v) is 3.96. The van der Waals surface area contributed by atoms with Crippen LogP contribution >= 0.6 is 22.9 Å². The molecule has 0 aliphatic carbocycles. The number of benzene rings is 2. The Morgan fingerprint density at radius 2 is 1.96 bits per heavy atom. The molecule has 2 aromatic carbocycles. The van der Waals surface area contributed by atoms with Crippen molar-refractivity contribution < 1.29 is 4.79 Å². The van der Waals surface area contributed by atoms with E-state index in [1.54, 1.807) is 0 Å². The molecule has 4 rings (SSSR count). The van der Waals surface area contributed by atoms with Crippen LogP contribution in [0.1, 0.15) is 16.8 Å². The van der Waals surface area contributed by atoms with Gasteiger partial charge in [0.25, 0.3) is 0 Å². The molecule has 6 heteroatoms. The van der Waals surface area contributed by atoms with Crippen molar-refractivity contribution in [1.82, 2.24) is 9.38 Å². The largest absolute Gasteiger partial charge is 0.326 e. The summed E-state index contributed by atoms with van der Waals surface area (Å²) in [6.45, 7) is 4.05. The van der Waals surface area contributed by atoms with E-state index in [2.05, 4.69) is 10.3 Å². The molecule has 0 atom stereocenters. The molecule has 0 radical (unpaired) electrons. The minimum absolute atomic E-state index is 0.0369. The predicted molar refractivity (Wildman–Crippen MR) is 112 cm³/mol. The van der Waals surface area contributed by atoms with Gasteiger partial charge in [0.05, 0.1) is 12.1 Å². The third kappa shape index (κ3) is 3.61. The average molecular weight is 396 g/mol. The maximum absolute atomic E-state index is 12.5. The lowest BCUT2D eigenvalue weighted by Gasteiger charge is -2.10. The minimum atomic E-state index is -0.0369. The zero-order valence-electron chi connectivity index (χ0n) is 15.0. The van der Waals surface area contributed by atoms with Gasteiger partial charge in [-0.3, -0.25) is 9.20 Å². The van der Waals surface area contributed by atoms with Crippen LogP contribution in [0.5, 0.6) is 0 Å². The summed E-state index contributed by atoms with van der Waals surface area (Å²) >= 11 is 7.49. The minimum Gasteiger partial charge on any atom is -0.326 e. The van der Waals surface area contributed by atoms with E-state index in [1.807, 2.05) is 72.3 Å². The Hall–Kier alpha value is -2.63. The summed E-state index contributed by atoms with van der Waals surface area (Å²) in [6, 6.07) is 13.5. The lowest BCUT2D eigenvalue weighted by atomic mass is 10.1. The fourth-order valence-electron chi connectivity index (χ4n) is 2.96. The molecule has 1 amide bonds. The van der Waals surface area contributed by atoms with Gasteiger partial charge < -0.3 is 5.32 Å². The van der Waals surface area contributed by atoms with E-state index in [9.17, 15) is 4.79 Å². The van der Waals surface area contributed by atoms with Crippen molar-refractivity contribution in [2.24, 2.45) is 0 Å². The van der Waals surface area contributed by atoms with Crippen molar-refractivity contribution in [2.75, 3.05) is 5.32 Å². The first-order chi connectivity index (χ1) is 13.0. The molecule has 0 bridgehead atoms. The quantitative estimate of drug-likeness (QED) is 0.495. The second kappa shape index (κ2) is 7.18. The first-order valence-corrected chi connectivity index (χ1v) is 9.84. The van der Waals surface area contributed by atoms with Gasteiger partial charge >= 0.3 is 0 Å². The van der Waals surface area contributed by atoms with E-state index in [1.165, 1.54) is 11.3 Å². The number of anilines is 1. The number of carbonyl (C=O) groups is 1. The van der Waals surface area contributed by atoms with Gasteiger partial charge in [-0.2, -0.15) is 0 Å². The van der Waals surface area contributed by atoms with E-state index >= 15 is 0 Å². The van der Waals surface area contributed by atoms with Crippen LogP contribution in [0.4, 0.5) is 5.69 Å². The Kier molecular flexibility index (Phi) is 4.72. The van der Waals surface area contributed by atoms with E-state index in [0.717, 1.165) is 38.7 Å². The van der Waals surface area contributed by atoms with Gasteiger partial charge in [0.15, 0.2) is 4.96 Å². The lowest BCUT2D eigenvalue weighted by Crippen LogP contribution is -2.16. The van der Waals surface area contributed by atoms with Crippen LogP contribution in [0.15, 0.2) is 54.0 Å². The van der Waals surface area contributed by atoms with E-state index in [-0.39, 0.29) is 5.91 Å². The van der Waals surface area contributed by atoms with Gasteiger partial charge in [0.2, 0.25) is 5.91 Å². The van der Waals surface area contributed by atoms with Crippen LogP contribution in [-0.4, -0.2) is 15.3 Å². The van der Waals surface area contributed by atoms with E-state index < -0.39 is 0 Å². The van der Waals surface area contributed by atoms with Crippen molar-refractivity contribution in [2.45, 2.75) is 20.3 Å². The standard InChI is InChI=1S/C21H18ClN3OS/c1-13-4-3-5-18(14(13)2)23-20(26)10-17-12-27-21-24-19(11-25(17)21)15-6-8-16(22)9-7-15/h3-9,11-12H,10H2,1-2H3,(H,23,26). The highest BCUT2D eigenvalue weighted by molar-refractivity contribution is 7.15. The molecule has 136 valence electrons. The number of aryl methyl sites for hydroxylation is 1. The van der Waals surface area contributed by atoms with Crippen molar-refractivity contribution in [3.8, 4) is 11.3 Å². The Labute approximate surface area is 166 Å². The zero-order valence-corrected chi connectivity index (χ0v) is 16.6. The monoisotopic (exact) mass is 395 g/mol. The van der Waals surface area contributed by atoms with Gasteiger partial charge in [-0.05, 0) is 43.2 Å². The Bertz CT molecular complexity index is 1130. The molecule has 2 heterocycles. The van der Waals surface area contributed by atoms with Crippen molar-refractivity contribution in [1.29, 1.82) is 0 Å². The number of amides is 1. The van der Waals surface area contributed by atoms with Crippen LogP contribution < -0.4 is 5.32 Å². The summed E-state index contributed by atoms with van der Waals surface area (Å²) in [6.07, 6.45) is 2.26. The van der Waals surface area contributed by atoms with Crippen LogP contribution in [0.2, 0.25) is 5.02 Å². The van der Waals surface area contributed by atoms with Crippen LogP contribution in [0.25, 0.3) is 16.2 Å². The Balaban J connectivity index is 1.56. The molecule has 2 aromatic heterocycles. The lowest BCUT2D eigenvalue weighted by molar-refractivity contribution is -0.115. The van der Waals surface area contributed by atoms with Crippen LogP contribution in [0, 0.1) is 13.8 Å². The molecule has 27 heavy (non-hydrogen) atoms. The maximum atomic E-state index is 12.5. The van der Waals surface area contributed by atoms with Gasteiger partial charge in [0, 0.05) is 33.5 Å². The Morgan fingerprint density at radius 1 is 1.19 bits per heavy atom. The second-order valence-corrected chi connectivity index (χ2v) is 7.76. The first-order valence-electron chi connectivity index (χ1n) is 8.59. The molecule has 4 aromatic rings. The molecule has 0 spiro atoms. The molecule has 0 unspecified atom stereocenters. The number of carbonyl (C=O) groups excluding carboxylic acids is 1. The summed E-state index contributed by atoms with van der Waals surface area (Å²) in [5.41, 5.74) is 5.90. The molecule has 4 nitrogen and oxygen atoms in total. The highest BCUT2D eigenvalue weighted by Gasteiger charge is 2.13. The number of halogens is 1. The SMILES string of the molecule is Cc1cccc(NC(=O)Cc2csc3nc(-c4ccc(Cl)cc4)cn23)c1C. The summed E-state index contributed by atoms with van der Waals surface area (Å²) in [4.78, 5) is 18.1. The number of hydrogen-bond donors (Lipinski definition) is 1. The number of aromatic nitrogens is 2. The molecule has 0 aliphatic rings. The number of nitrogens with one attached hydrogen (secondary N) is 1. The number of nitrogens with zero attached hydrogens (tertiary/aromatic N) is 2. The first kappa shape index (κ1) is 17.8. The summed E-state index contributed by atoms with van der Waals surface area (Å²) in [5.74, 6) is -0.0369. The molecule has 0 saturated carbocycles. The number of imidazole rings is 1. The Morgan fingerprint density at radius 3 is 2.74 bits per heavy atom. The molecule has 0 aliphatic heterocycles. The fraction of sp³-hybridized carbons (Fsp3) is 0.143. The van der Waals surface area contributed by atoms with Crippen LogP contribution in [-0.2, 0) is 11.2 Å². The van der Waals surface area contributed by atoms with Crippen molar-refractivity contribution >= 4 is 39.5 Å². The summed E-state index contributed by atoms with van der Waals surface area (Å²) < 4.78 is 1.98. The highest BCUT2D eigenvalue weighted by Crippen LogP contribution is 2.25. The second-order valence-electron chi connectivity index (χ2n) is 6.49.